The zero-order chi connectivity index (χ0) is 13.8. The molecule has 0 spiro atoms. The Morgan fingerprint density at radius 2 is 1.95 bits per heavy atom. The van der Waals surface area contributed by atoms with Gasteiger partial charge in [-0.05, 0) is 24.3 Å². The van der Waals surface area contributed by atoms with Crippen LogP contribution < -0.4 is 5.32 Å². The molecule has 2 aromatic rings. The van der Waals surface area contributed by atoms with Crippen molar-refractivity contribution >= 4 is 17.3 Å². The summed E-state index contributed by atoms with van der Waals surface area (Å²) in [6.45, 7) is 0. The molecule has 19 heavy (non-hydrogen) atoms. The Hall–Kier alpha value is -2.83. The predicted octanol–water partition coefficient (Wildman–Crippen LogP) is 2.38. The lowest BCUT2D eigenvalue weighted by Crippen LogP contribution is -2.12. The van der Waals surface area contributed by atoms with Crippen LogP contribution in [0.4, 0.5) is 15.8 Å². The lowest BCUT2D eigenvalue weighted by Gasteiger charge is -2.04. The van der Waals surface area contributed by atoms with Crippen LogP contribution in [0.25, 0.3) is 0 Å². The first-order chi connectivity index (χ1) is 9.08. The molecule has 0 atom stereocenters. The summed E-state index contributed by atoms with van der Waals surface area (Å²) in [4.78, 5) is 25.3. The van der Waals surface area contributed by atoms with E-state index in [9.17, 15) is 19.3 Å². The number of anilines is 1. The normalized spacial score (nSPS) is 9.95. The molecule has 1 N–H and O–H groups in total. The number of nitrogens with one attached hydrogen (secondary N) is 1. The van der Waals surface area contributed by atoms with Crippen molar-refractivity contribution < 1.29 is 14.1 Å². The van der Waals surface area contributed by atoms with Gasteiger partial charge in [0.05, 0.1) is 4.92 Å². The highest BCUT2D eigenvalue weighted by atomic mass is 19.1. The van der Waals surface area contributed by atoms with Crippen molar-refractivity contribution in [2.75, 3.05) is 5.32 Å². The number of rotatable bonds is 3. The first-order valence-corrected chi connectivity index (χ1v) is 5.23. The van der Waals surface area contributed by atoms with Crippen molar-refractivity contribution in [1.29, 1.82) is 0 Å². The Kier molecular flexibility index (Phi) is 3.46. The third-order valence-electron chi connectivity index (χ3n) is 2.34. The number of hydrogen-bond acceptors (Lipinski definition) is 4. The van der Waals surface area contributed by atoms with Gasteiger partial charge in [-0.15, -0.1) is 0 Å². The van der Waals surface area contributed by atoms with Crippen molar-refractivity contribution in [3.63, 3.8) is 0 Å². The number of carbonyl (C=O) groups is 1. The summed E-state index contributed by atoms with van der Waals surface area (Å²) in [5.41, 5.74) is -0.237. The Morgan fingerprint density at radius 3 is 2.58 bits per heavy atom. The van der Waals surface area contributed by atoms with Crippen LogP contribution >= 0.6 is 0 Å². The molecule has 0 saturated carbocycles. The standard InChI is InChI=1S/C12H8FN3O3/c13-10-2-1-8(7-11(10)16(18)19)12(17)15-9-3-5-14-6-4-9/h1-7H,(H,14,15,17). The number of carbonyl (C=O) groups excluding carboxylic acids is 1. The average molecular weight is 261 g/mol. The molecular formula is C12H8FN3O3. The average Bonchev–Trinajstić information content (AvgIpc) is 2.40. The molecule has 0 saturated heterocycles. The molecule has 0 radical (unpaired) electrons. The lowest BCUT2D eigenvalue weighted by atomic mass is 10.2. The summed E-state index contributed by atoms with van der Waals surface area (Å²) in [6.07, 6.45) is 2.98. The molecule has 7 heteroatoms. The molecule has 0 fully saturated rings. The number of hydrogen-bond donors (Lipinski definition) is 1. The molecule has 1 aromatic carbocycles. The molecule has 6 nitrogen and oxygen atoms in total. The van der Waals surface area contributed by atoms with Crippen LogP contribution in [0, 0.1) is 15.9 Å². The summed E-state index contributed by atoms with van der Waals surface area (Å²) in [6, 6.07) is 6.09. The molecule has 96 valence electrons. The second-order valence-corrected chi connectivity index (χ2v) is 3.61. The van der Waals surface area contributed by atoms with Crippen molar-refractivity contribution in [2.24, 2.45) is 0 Å². The van der Waals surface area contributed by atoms with E-state index in [1.165, 1.54) is 18.5 Å². The van der Waals surface area contributed by atoms with Gasteiger partial charge in [0.1, 0.15) is 0 Å². The van der Waals surface area contributed by atoms with E-state index in [0.717, 1.165) is 12.1 Å². The maximum Gasteiger partial charge on any atom is 0.305 e. The second kappa shape index (κ2) is 5.21. The molecule has 0 aliphatic rings. The van der Waals surface area contributed by atoms with Crippen molar-refractivity contribution in [3.8, 4) is 0 Å². The quantitative estimate of drug-likeness (QED) is 0.679. The molecule has 2 rings (SSSR count). The molecule has 1 heterocycles. The van der Waals surface area contributed by atoms with E-state index in [4.69, 9.17) is 0 Å². The van der Waals surface area contributed by atoms with Gasteiger partial charge in [0.25, 0.3) is 5.91 Å². The minimum Gasteiger partial charge on any atom is -0.322 e. The van der Waals surface area contributed by atoms with Gasteiger partial charge in [-0.3, -0.25) is 19.9 Å². The highest BCUT2D eigenvalue weighted by Gasteiger charge is 2.17. The minimum atomic E-state index is -0.981. The Labute approximate surface area is 107 Å². The molecule has 1 aromatic heterocycles. The predicted molar refractivity (Wildman–Crippen MR) is 65.2 cm³/mol. The van der Waals surface area contributed by atoms with Gasteiger partial charge in [0.15, 0.2) is 0 Å². The van der Waals surface area contributed by atoms with E-state index in [-0.39, 0.29) is 5.56 Å². The summed E-state index contributed by atoms with van der Waals surface area (Å²) in [7, 11) is 0. The number of nitrogens with zero attached hydrogens (tertiary/aromatic N) is 2. The van der Waals surface area contributed by atoms with E-state index in [1.54, 1.807) is 12.1 Å². The fraction of sp³-hybridized carbons (Fsp3) is 0. The lowest BCUT2D eigenvalue weighted by molar-refractivity contribution is -0.387. The zero-order valence-electron chi connectivity index (χ0n) is 9.54. The molecule has 0 bridgehead atoms. The number of aromatic nitrogens is 1. The van der Waals surface area contributed by atoms with Gasteiger partial charge < -0.3 is 5.32 Å². The van der Waals surface area contributed by atoms with Crippen LogP contribution in [0.2, 0.25) is 0 Å². The first kappa shape index (κ1) is 12.6. The van der Waals surface area contributed by atoms with Crippen molar-refractivity contribution in [1.82, 2.24) is 4.98 Å². The maximum atomic E-state index is 13.1. The second-order valence-electron chi connectivity index (χ2n) is 3.61. The minimum absolute atomic E-state index is 0.00455. The third-order valence-corrected chi connectivity index (χ3v) is 2.34. The zero-order valence-corrected chi connectivity index (χ0v) is 9.54. The molecule has 0 unspecified atom stereocenters. The van der Waals surface area contributed by atoms with Crippen LogP contribution in [0.5, 0.6) is 0 Å². The number of halogens is 1. The fourth-order valence-corrected chi connectivity index (χ4v) is 1.43. The third kappa shape index (κ3) is 2.89. The van der Waals surface area contributed by atoms with Gasteiger partial charge in [-0.1, -0.05) is 0 Å². The summed E-state index contributed by atoms with van der Waals surface area (Å²) >= 11 is 0. The smallest absolute Gasteiger partial charge is 0.305 e. The fourth-order valence-electron chi connectivity index (χ4n) is 1.43. The van der Waals surface area contributed by atoms with E-state index in [0.29, 0.717) is 5.69 Å². The van der Waals surface area contributed by atoms with Crippen LogP contribution in [0.15, 0.2) is 42.7 Å². The number of benzene rings is 1. The highest BCUT2D eigenvalue weighted by Crippen LogP contribution is 2.19. The van der Waals surface area contributed by atoms with E-state index < -0.39 is 22.3 Å². The van der Waals surface area contributed by atoms with Gasteiger partial charge >= 0.3 is 5.69 Å². The van der Waals surface area contributed by atoms with E-state index in [1.807, 2.05) is 0 Å². The van der Waals surface area contributed by atoms with E-state index >= 15 is 0 Å². The number of nitro benzene ring substituents is 1. The maximum absolute atomic E-state index is 13.1. The van der Waals surface area contributed by atoms with E-state index in [2.05, 4.69) is 10.3 Å². The van der Waals surface area contributed by atoms with Gasteiger partial charge in [-0.2, -0.15) is 4.39 Å². The summed E-state index contributed by atoms with van der Waals surface area (Å²) in [5, 5.41) is 13.1. The molecule has 0 aliphatic carbocycles. The first-order valence-electron chi connectivity index (χ1n) is 5.23. The topological polar surface area (TPSA) is 85.1 Å². The van der Waals surface area contributed by atoms with Crippen molar-refractivity contribution in [2.45, 2.75) is 0 Å². The summed E-state index contributed by atoms with van der Waals surface area (Å²) in [5.74, 6) is -1.54. The Morgan fingerprint density at radius 1 is 1.26 bits per heavy atom. The summed E-state index contributed by atoms with van der Waals surface area (Å²) < 4.78 is 13.1. The van der Waals surface area contributed by atoms with Gasteiger partial charge in [0, 0.05) is 29.7 Å². The SMILES string of the molecule is O=C(Nc1ccncc1)c1ccc(F)c([N+](=O)[O-])c1. The molecule has 0 aliphatic heterocycles. The van der Waals surface area contributed by atoms with Gasteiger partial charge in [0.2, 0.25) is 5.82 Å². The Balaban J connectivity index is 2.25. The van der Waals surface area contributed by atoms with Crippen LogP contribution in [0.3, 0.4) is 0 Å². The monoisotopic (exact) mass is 261 g/mol. The number of pyridine rings is 1. The molecule has 1 amide bonds. The number of nitro groups is 1. The largest absolute Gasteiger partial charge is 0.322 e. The van der Waals surface area contributed by atoms with Crippen LogP contribution in [-0.4, -0.2) is 15.8 Å². The highest BCUT2D eigenvalue weighted by molar-refractivity contribution is 6.04. The van der Waals surface area contributed by atoms with Gasteiger partial charge in [-0.25, -0.2) is 0 Å². The van der Waals surface area contributed by atoms with Crippen molar-refractivity contribution in [3.05, 3.63) is 64.2 Å². The van der Waals surface area contributed by atoms with Crippen LogP contribution in [0.1, 0.15) is 10.4 Å². The Bertz CT molecular complexity index is 631. The molecular weight excluding hydrogens is 253 g/mol. The van der Waals surface area contributed by atoms with Crippen LogP contribution in [-0.2, 0) is 0 Å². The number of amides is 1.